The summed E-state index contributed by atoms with van der Waals surface area (Å²) in [5, 5.41) is 23.9. The lowest BCUT2D eigenvalue weighted by Crippen LogP contribution is -2.29. The lowest BCUT2D eigenvalue weighted by atomic mass is 10.1. The Morgan fingerprint density at radius 3 is 2.50 bits per heavy atom. The summed E-state index contributed by atoms with van der Waals surface area (Å²) in [4.78, 5) is 23.1. The normalized spacial score (nSPS) is 10.9. The molecule has 182 valence electrons. The van der Waals surface area contributed by atoms with Crippen LogP contribution in [-0.4, -0.2) is 45.2 Å². The molecule has 9 nitrogen and oxygen atoms in total. The molecule has 0 radical (unpaired) electrons. The number of hydrogen-bond acceptors (Lipinski definition) is 8. The monoisotopic (exact) mass is 500 g/mol. The summed E-state index contributed by atoms with van der Waals surface area (Å²) < 4.78 is 7.09. The third kappa shape index (κ3) is 6.36. The summed E-state index contributed by atoms with van der Waals surface area (Å²) in [5.41, 5.74) is 5.92. The molecule has 1 N–H and O–H groups in total. The van der Waals surface area contributed by atoms with E-state index >= 15 is 0 Å². The molecular formula is C26H22N5O4S-. The fourth-order valence-electron chi connectivity index (χ4n) is 3.25. The Kier molecular flexibility index (Phi) is 8.09. The molecule has 0 saturated carbocycles. The van der Waals surface area contributed by atoms with E-state index in [1.807, 2.05) is 66.1 Å². The molecule has 1 amide bonds. The molecule has 0 aliphatic heterocycles. The Morgan fingerprint density at radius 2 is 1.75 bits per heavy atom. The zero-order valence-electron chi connectivity index (χ0n) is 19.3. The number of amides is 1. The molecule has 4 aromatic rings. The van der Waals surface area contributed by atoms with Gasteiger partial charge in [0.05, 0.1) is 17.9 Å². The minimum absolute atomic E-state index is 0.0546. The fourth-order valence-corrected chi connectivity index (χ4v) is 4.00. The van der Waals surface area contributed by atoms with E-state index in [1.54, 1.807) is 24.3 Å². The molecule has 0 bridgehead atoms. The van der Waals surface area contributed by atoms with Crippen LogP contribution in [0.4, 0.5) is 0 Å². The smallest absolute Gasteiger partial charge is 0.250 e. The first-order valence-electron chi connectivity index (χ1n) is 11.0. The van der Waals surface area contributed by atoms with Crippen LogP contribution in [0.2, 0.25) is 0 Å². The summed E-state index contributed by atoms with van der Waals surface area (Å²) in [5.74, 6) is -0.632. The molecule has 0 aliphatic carbocycles. The topological polar surface area (TPSA) is 122 Å². The van der Waals surface area contributed by atoms with Crippen LogP contribution in [0.1, 0.15) is 11.1 Å². The molecule has 0 aliphatic rings. The molecule has 3 aromatic carbocycles. The number of nitrogens with one attached hydrogen (secondary N) is 1. The average Bonchev–Trinajstić information content (AvgIpc) is 3.32. The van der Waals surface area contributed by atoms with Crippen LogP contribution in [0.25, 0.3) is 17.1 Å². The summed E-state index contributed by atoms with van der Waals surface area (Å²) in [6.45, 7) is 1.44. The van der Waals surface area contributed by atoms with Gasteiger partial charge in [0.25, 0.3) is 5.91 Å². The molecule has 4 rings (SSSR count). The highest BCUT2D eigenvalue weighted by molar-refractivity contribution is 7.99. The molecule has 1 aromatic heterocycles. The third-order valence-electron chi connectivity index (χ3n) is 4.95. The number of thioether (sulfide) groups is 1. The number of carboxylic acids is 1. The first-order chi connectivity index (χ1) is 17.5. The van der Waals surface area contributed by atoms with Crippen LogP contribution < -0.4 is 15.3 Å². The van der Waals surface area contributed by atoms with Gasteiger partial charge in [0, 0.05) is 16.8 Å². The van der Waals surface area contributed by atoms with E-state index in [0.29, 0.717) is 22.3 Å². The molecule has 0 unspecified atom stereocenters. The van der Waals surface area contributed by atoms with Gasteiger partial charge < -0.3 is 14.6 Å². The van der Waals surface area contributed by atoms with Crippen molar-refractivity contribution in [1.29, 1.82) is 0 Å². The molecule has 0 spiro atoms. The van der Waals surface area contributed by atoms with Gasteiger partial charge in [0.15, 0.2) is 11.0 Å². The van der Waals surface area contributed by atoms with E-state index in [9.17, 15) is 14.7 Å². The number of aliphatic carboxylic acids is 1. The van der Waals surface area contributed by atoms with Crippen molar-refractivity contribution in [1.82, 2.24) is 20.2 Å². The maximum Gasteiger partial charge on any atom is 0.250 e. The Labute approximate surface area is 211 Å². The fraction of sp³-hybridized carbons (Fsp3) is 0.115. The van der Waals surface area contributed by atoms with Gasteiger partial charge in [-0.3, -0.25) is 9.36 Å². The minimum atomic E-state index is -1.33. The molecule has 0 atom stereocenters. The van der Waals surface area contributed by atoms with Crippen LogP contribution in [0.3, 0.4) is 0 Å². The first kappa shape index (κ1) is 24.7. The number of carbonyl (C=O) groups excluding carboxylic acids is 2. The maximum atomic E-state index is 12.4. The van der Waals surface area contributed by atoms with Crippen molar-refractivity contribution in [3.8, 4) is 22.8 Å². The Balaban J connectivity index is 1.45. The Hall–Kier alpha value is -4.44. The predicted molar refractivity (Wildman–Crippen MR) is 135 cm³/mol. The second-order valence-corrected chi connectivity index (χ2v) is 8.57. The lowest BCUT2D eigenvalue weighted by molar-refractivity contribution is -0.307. The number of hydrazone groups is 1. The second kappa shape index (κ2) is 11.8. The van der Waals surface area contributed by atoms with Gasteiger partial charge in [-0.2, -0.15) is 5.10 Å². The average molecular weight is 501 g/mol. The zero-order chi connectivity index (χ0) is 25.3. The minimum Gasteiger partial charge on any atom is -0.546 e. The van der Waals surface area contributed by atoms with Gasteiger partial charge in [0.2, 0.25) is 0 Å². The Bertz CT molecular complexity index is 1370. The number of carbonyl (C=O) groups is 2. The first-order valence-corrected chi connectivity index (χ1v) is 11.9. The van der Waals surface area contributed by atoms with E-state index < -0.39 is 12.6 Å². The van der Waals surface area contributed by atoms with E-state index in [2.05, 4.69) is 20.7 Å². The van der Waals surface area contributed by atoms with Gasteiger partial charge in [0.1, 0.15) is 12.4 Å². The van der Waals surface area contributed by atoms with Crippen LogP contribution in [0.15, 0.2) is 89.1 Å². The summed E-state index contributed by atoms with van der Waals surface area (Å²) in [7, 11) is 0. The van der Waals surface area contributed by atoms with Crippen molar-refractivity contribution >= 4 is 29.9 Å². The van der Waals surface area contributed by atoms with Gasteiger partial charge in [-0.25, -0.2) is 5.43 Å². The van der Waals surface area contributed by atoms with E-state index in [-0.39, 0.29) is 11.7 Å². The molecule has 0 fully saturated rings. The molecule has 10 heteroatoms. The number of ether oxygens (including phenoxy) is 1. The van der Waals surface area contributed by atoms with Crippen LogP contribution in [0.5, 0.6) is 5.75 Å². The highest BCUT2D eigenvalue weighted by Crippen LogP contribution is 2.28. The quantitative estimate of drug-likeness (QED) is 0.202. The number of para-hydroxylation sites is 2. The lowest BCUT2D eigenvalue weighted by Gasteiger charge is -2.10. The SMILES string of the molecule is Cc1ccc(-c2nnc(SCC(=O)N/N=C\c3ccccc3OCC(=O)[O-])n2-c2ccccc2)cc1. The largest absolute Gasteiger partial charge is 0.546 e. The molecule has 36 heavy (non-hydrogen) atoms. The van der Waals surface area contributed by atoms with Crippen molar-refractivity contribution in [2.45, 2.75) is 12.1 Å². The van der Waals surface area contributed by atoms with Crippen molar-refractivity contribution in [2.24, 2.45) is 5.10 Å². The van der Waals surface area contributed by atoms with E-state index in [0.717, 1.165) is 16.8 Å². The van der Waals surface area contributed by atoms with Crippen molar-refractivity contribution in [3.63, 3.8) is 0 Å². The van der Waals surface area contributed by atoms with Crippen molar-refractivity contribution in [3.05, 3.63) is 90.0 Å². The van der Waals surface area contributed by atoms with Crippen LogP contribution in [-0.2, 0) is 9.59 Å². The summed E-state index contributed by atoms with van der Waals surface area (Å²) in [6.07, 6.45) is 1.38. The maximum absolute atomic E-state index is 12.4. The standard InChI is InChI=1S/C26H23N5O4S/c1-18-11-13-19(14-12-18)25-29-30-26(31(25)21-8-3-2-4-9-21)36-17-23(32)28-27-15-20-7-5-6-10-22(20)35-16-24(33)34/h2-15H,16-17H2,1H3,(H,28,32)(H,33,34)/p-1/b27-15-. The van der Waals surface area contributed by atoms with E-state index in [4.69, 9.17) is 4.74 Å². The number of aromatic nitrogens is 3. The summed E-state index contributed by atoms with van der Waals surface area (Å²) >= 11 is 1.24. The number of hydrogen-bond donors (Lipinski definition) is 1. The molecule has 0 saturated heterocycles. The van der Waals surface area contributed by atoms with Gasteiger partial charge >= 0.3 is 0 Å². The number of nitrogens with zero attached hydrogens (tertiary/aromatic N) is 4. The molecular weight excluding hydrogens is 478 g/mol. The second-order valence-electron chi connectivity index (χ2n) is 7.62. The predicted octanol–water partition coefficient (Wildman–Crippen LogP) is 2.61. The highest BCUT2D eigenvalue weighted by Gasteiger charge is 2.17. The number of rotatable bonds is 10. The zero-order valence-corrected chi connectivity index (χ0v) is 20.1. The van der Waals surface area contributed by atoms with Gasteiger partial charge in [-0.1, -0.05) is 71.9 Å². The van der Waals surface area contributed by atoms with Crippen LogP contribution >= 0.6 is 11.8 Å². The number of carboxylic acid groups (broad SMARTS) is 1. The van der Waals surface area contributed by atoms with Crippen LogP contribution in [0, 0.1) is 6.92 Å². The Morgan fingerprint density at radius 1 is 1.03 bits per heavy atom. The van der Waals surface area contributed by atoms with E-state index in [1.165, 1.54) is 18.0 Å². The number of aryl methyl sites for hydroxylation is 1. The molecule has 1 heterocycles. The summed E-state index contributed by atoms with van der Waals surface area (Å²) in [6, 6.07) is 24.4. The van der Waals surface area contributed by atoms with Crippen molar-refractivity contribution in [2.75, 3.05) is 12.4 Å². The number of benzene rings is 3. The highest BCUT2D eigenvalue weighted by atomic mass is 32.2. The van der Waals surface area contributed by atoms with Gasteiger partial charge in [-0.15, -0.1) is 10.2 Å². The van der Waals surface area contributed by atoms with Gasteiger partial charge in [-0.05, 0) is 31.2 Å². The van der Waals surface area contributed by atoms with Crippen molar-refractivity contribution < 1.29 is 19.4 Å². The third-order valence-corrected chi connectivity index (χ3v) is 5.88.